The monoisotopic (exact) mass is 289 g/mol. The van der Waals surface area contributed by atoms with Crippen molar-refractivity contribution in [1.29, 1.82) is 0 Å². The highest BCUT2D eigenvalue weighted by Crippen LogP contribution is 2.18. The third kappa shape index (κ3) is 4.21. The Kier molecular flexibility index (Phi) is 5.20. The largest absolute Gasteiger partial charge is 0.384 e. The summed E-state index contributed by atoms with van der Waals surface area (Å²) in [6.07, 6.45) is 2.17. The maximum atomic E-state index is 12.5. The summed E-state index contributed by atoms with van der Waals surface area (Å²) in [5.74, 6) is -0.0280. The second-order valence-corrected chi connectivity index (χ2v) is 5.49. The average Bonchev–Trinajstić information content (AvgIpc) is 2.48. The molecule has 2 amide bonds. The fourth-order valence-electron chi connectivity index (χ4n) is 2.38. The van der Waals surface area contributed by atoms with Gasteiger partial charge < -0.3 is 16.0 Å². The predicted molar refractivity (Wildman–Crippen MR) is 83.5 cm³/mol. The van der Waals surface area contributed by atoms with E-state index in [1.165, 1.54) is 0 Å². The van der Waals surface area contributed by atoms with Gasteiger partial charge in [0.15, 0.2) is 0 Å². The summed E-state index contributed by atoms with van der Waals surface area (Å²) < 4.78 is 0. The van der Waals surface area contributed by atoms with Crippen molar-refractivity contribution in [3.63, 3.8) is 0 Å². The fraction of sp³-hybridized carbons (Fsp3) is 0.500. The normalized spacial score (nSPS) is 18.0. The van der Waals surface area contributed by atoms with E-state index in [2.05, 4.69) is 22.9 Å². The van der Waals surface area contributed by atoms with E-state index >= 15 is 0 Å². The summed E-state index contributed by atoms with van der Waals surface area (Å²) in [5.41, 5.74) is 2.58. The molecule has 1 aliphatic heterocycles. The van der Waals surface area contributed by atoms with Gasteiger partial charge in [0, 0.05) is 31.2 Å². The van der Waals surface area contributed by atoms with Crippen molar-refractivity contribution in [2.24, 2.45) is 0 Å². The maximum absolute atomic E-state index is 12.5. The lowest BCUT2D eigenvalue weighted by Crippen LogP contribution is -2.47. The summed E-state index contributed by atoms with van der Waals surface area (Å²) in [6, 6.07) is 5.85. The molecule has 1 unspecified atom stereocenters. The number of hydrogen-bond acceptors (Lipinski definition) is 3. The van der Waals surface area contributed by atoms with E-state index in [9.17, 15) is 9.59 Å². The number of hydrogen-bond donors (Lipinski definition) is 3. The van der Waals surface area contributed by atoms with E-state index in [1.807, 2.05) is 25.1 Å². The first kappa shape index (κ1) is 15.4. The molecule has 114 valence electrons. The van der Waals surface area contributed by atoms with Gasteiger partial charge in [0.25, 0.3) is 5.91 Å². The first-order chi connectivity index (χ1) is 10.1. The molecule has 5 heteroatoms. The van der Waals surface area contributed by atoms with Crippen molar-refractivity contribution in [3.8, 4) is 0 Å². The van der Waals surface area contributed by atoms with Crippen molar-refractivity contribution in [3.05, 3.63) is 29.3 Å². The lowest BCUT2D eigenvalue weighted by molar-refractivity contribution is -0.122. The second kappa shape index (κ2) is 7.11. The molecule has 21 heavy (non-hydrogen) atoms. The predicted octanol–water partition coefficient (Wildman–Crippen LogP) is 1.83. The smallest absolute Gasteiger partial charge is 0.253 e. The number of amides is 2. The Morgan fingerprint density at radius 3 is 2.90 bits per heavy atom. The van der Waals surface area contributed by atoms with Gasteiger partial charge in [0.05, 0.1) is 5.56 Å². The molecule has 3 N–H and O–H groups in total. The van der Waals surface area contributed by atoms with Gasteiger partial charge in [-0.15, -0.1) is 0 Å². The molecule has 1 saturated heterocycles. The zero-order valence-corrected chi connectivity index (χ0v) is 12.7. The standard InChI is InChI=1S/C16H23N3O2/c1-3-8-17-14-6-4-11(2)9-13(14)16(21)19-12-5-7-15(20)18-10-12/h4,6,9,12,17H,3,5,7-8,10H2,1-2H3,(H,18,20)(H,19,21). The Hall–Kier alpha value is -2.04. The number of aryl methyl sites for hydroxylation is 1. The molecule has 0 aliphatic carbocycles. The first-order valence-corrected chi connectivity index (χ1v) is 7.52. The van der Waals surface area contributed by atoms with Crippen LogP contribution in [-0.2, 0) is 4.79 Å². The molecule has 1 atom stereocenters. The van der Waals surface area contributed by atoms with E-state index in [1.54, 1.807) is 0 Å². The summed E-state index contributed by atoms with van der Waals surface area (Å²) in [5, 5.41) is 9.07. The Morgan fingerprint density at radius 1 is 1.43 bits per heavy atom. The Bertz CT molecular complexity index is 518. The van der Waals surface area contributed by atoms with E-state index in [0.717, 1.165) is 24.2 Å². The second-order valence-electron chi connectivity index (χ2n) is 5.49. The Morgan fingerprint density at radius 2 is 2.24 bits per heavy atom. The van der Waals surface area contributed by atoms with Gasteiger partial charge in [-0.25, -0.2) is 0 Å². The van der Waals surface area contributed by atoms with Crippen LogP contribution in [0.25, 0.3) is 0 Å². The van der Waals surface area contributed by atoms with Crippen LogP contribution in [0.5, 0.6) is 0 Å². The van der Waals surface area contributed by atoms with Crippen LogP contribution in [0.2, 0.25) is 0 Å². The molecular weight excluding hydrogens is 266 g/mol. The number of benzene rings is 1. The molecule has 0 spiro atoms. The highest BCUT2D eigenvalue weighted by Gasteiger charge is 2.21. The van der Waals surface area contributed by atoms with Gasteiger partial charge in [0.1, 0.15) is 0 Å². The highest BCUT2D eigenvalue weighted by atomic mass is 16.2. The summed E-state index contributed by atoms with van der Waals surface area (Å²) in [4.78, 5) is 23.6. The maximum Gasteiger partial charge on any atom is 0.253 e. The minimum absolute atomic E-state index is 0.00902. The Balaban J connectivity index is 2.06. The van der Waals surface area contributed by atoms with Crippen LogP contribution in [0.1, 0.15) is 42.1 Å². The van der Waals surface area contributed by atoms with Gasteiger partial charge in [-0.1, -0.05) is 18.6 Å². The van der Waals surface area contributed by atoms with Gasteiger partial charge in [-0.3, -0.25) is 9.59 Å². The third-order valence-corrected chi connectivity index (χ3v) is 3.59. The molecule has 1 aromatic rings. The molecule has 2 rings (SSSR count). The van der Waals surface area contributed by atoms with Crippen molar-refractivity contribution in [2.75, 3.05) is 18.4 Å². The minimum atomic E-state index is -0.0848. The van der Waals surface area contributed by atoms with Gasteiger partial charge in [0.2, 0.25) is 5.91 Å². The van der Waals surface area contributed by atoms with Gasteiger partial charge in [-0.2, -0.15) is 0 Å². The van der Waals surface area contributed by atoms with Gasteiger partial charge in [-0.05, 0) is 31.9 Å². The quantitative estimate of drug-likeness (QED) is 0.774. The SMILES string of the molecule is CCCNc1ccc(C)cc1C(=O)NC1CCC(=O)NC1. The van der Waals surface area contributed by atoms with Crippen LogP contribution in [0.3, 0.4) is 0 Å². The molecule has 0 saturated carbocycles. The number of rotatable bonds is 5. The van der Waals surface area contributed by atoms with Crippen LogP contribution < -0.4 is 16.0 Å². The topological polar surface area (TPSA) is 70.2 Å². The van der Waals surface area contributed by atoms with Crippen LogP contribution in [0, 0.1) is 6.92 Å². The summed E-state index contributed by atoms with van der Waals surface area (Å²) in [7, 11) is 0. The number of piperidine rings is 1. The van der Waals surface area contributed by atoms with Crippen molar-refractivity contribution >= 4 is 17.5 Å². The number of carbonyl (C=O) groups excluding carboxylic acids is 2. The minimum Gasteiger partial charge on any atom is -0.384 e. The summed E-state index contributed by atoms with van der Waals surface area (Å²) >= 11 is 0. The molecular formula is C16H23N3O2. The van der Waals surface area contributed by atoms with E-state index < -0.39 is 0 Å². The van der Waals surface area contributed by atoms with Crippen molar-refractivity contribution in [2.45, 2.75) is 39.2 Å². The molecule has 1 aromatic carbocycles. The zero-order chi connectivity index (χ0) is 15.2. The summed E-state index contributed by atoms with van der Waals surface area (Å²) in [6.45, 7) is 5.41. The van der Waals surface area contributed by atoms with Crippen LogP contribution in [0.15, 0.2) is 18.2 Å². The molecule has 5 nitrogen and oxygen atoms in total. The first-order valence-electron chi connectivity index (χ1n) is 7.52. The van der Waals surface area contributed by atoms with Crippen LogP contribution in [-0.4, -0.2) is 30.9 Å². The molecule has 1 heterocycles. The molecule has 1 aliphatic rings. The number of nitrogens with one attached hydrogen (secondary N) is 3. The molecule has 0 aromatic heterocycles. The number of carbonyl (C=O) groups is 2. The van der Waals surface area contributed by atoms with Crippen molar-refractivity contribution < 1.29 is 9.59 Å². The van der Waals surface area contributed by atoms with E-state index in [0.29, 0.717) is 24.9 Å². The average molecular weight is 289 g/mol. The lowest BCUT2D eigenvalue weighted by Gasteiger charge is -2.24. The Labute approximate surface area is 125 Å². The van der Waals surface area contributed by atoms with Crippen LogP contribution >= 0.6 is 0 Å². The lowest BCUT2D eigenvalue weighted by atomic mass is 10.0. The number of anilines is 1. The third-order valence-electron chi connectivity index (χ3n) is 3.59. The van der Waals surface area contributed by atoms with E-state index in [4.69, 9.17) is 0 Å². The van der Waals surface area contributed by atoms with Crippen molar-refractivity contribution in [1.82, 2.24) is 10.6 Å². The fourth-order valence-corrected chi connectivity index (χ4v) is 2.38. The van der Waals surface area contributed by atoms with E-state index in [-0.39, 0.29) is 17.9 Å². The zero-order valence-electron chi connectivity index (χ0n) is 12.7. The van der Waals surface area contributed by atoms with Crippen LogP contribution in [0.4, 0.5) is 5.69 Å². The molecule has 1 fully saturated rings. The highest BCUT2D eigenvalue weighted by molar-refractivity contribution is 6.00. The molecule has 0 bridgehead atoms. The van der Waals surface area contributed by atoms with Gasteiger partial charge >= 0.3 is 0 Å². The molecule has 0 radical (unpaired) electrons.